The number of aromatic nitrogens is 2. The number of hydrogen-bond acceptors (Lipinski definition) is 4. The quantitative estimate of drug-likeness (QED) is 0.638. The van der Waals surface area contributed by atoms with Gasteiger partial charge < -0.3 is 10.4 Å². The SMILES string of the molecule is CCCCn1nc(C(=O)NCCCCCCO)ccc1=O. The summed E-state index contributed by atoms with van der Waals surface area (Å²) in [6, 6.07) is 2.85. The van der Waals surface area contributed by atoms with Gasteiger partial charge >= 0.3 is 0 Å². The Bertz CT molecular complexity index is 485. The molecule has 0 atom stereocenters. The topological polar surface area (TPSA) is 84.2 Å². The predicted octanol–water partition coefficient (Wildman–Crippen LogP) is 1.33. The Balaban J connectivity index is 2.44. The van der Waals surface area contributed by atoms with Gasteiger partial charge in [-0.15, -0.1) is 0 Å². The fraction of sp³-hybridized carbons (Fsp3) is 0.667. The molecular weight excluding hydrogens is 270 g/mol. The maximum atomic E-state index is 11.9. The number of amides is 1. The molecule has 0 fully saturated rings. The fourth-order valence-electron chi connectivity index (χ4n) is 1.92. The molecule has 6 heteroatoms. The molecule has 0 radical (unpaired) electrons. The van der Waals surface area contributed by atoms with Crippen LogP contribution in [0.15, 0.2) is 16.9 Å². The van der Waals surface area contributed by atoms with E-state index in [1.807, 2.05) is 6.92 Å². The van der Waals surface area contributed by atoms with Crippen LogP contribution in [0.5, 0.6) is 0 Å². The van der Waals surface area contributed by atoms with E-state index in [4.69, 9.17) is 5.11 Å². The molecule has 0 aliphatic carbocycles. The molecule has 6 nitrogen and oxygen atoms in total. The number of carbonyl (C=O) groups is 1. The number of nitrogens with one attached hydrogen (secondary N) is 1. The van der Waals surface area contributed by atoms with Crippen LogP contribution in [0.4, 0.5) is 0 Å². The Morgan fingerprint density at radius 2 is 2.00 bits per heavy atom. The molecule has 1 heterocycles. The molecule has 0 aromatic carbocycles. The van der Waals surface area contributed by atoms with E-state index in [2.05, 4.69) is 10.4 Å². The van der Waals surface area contributed by atoms with Crippen molar-refractivity contribution in [1.29, 1.82) is 0 Å². The summed E-state index contributed by atoms with van der Waals surface area (Å²) in [7, 11) is 0. The lowest BCUT2D eigenvalue weighted by atomic mass is 10.2. The Hall–Kier alpha value is -1.69. The first kappa shape index (κ1) is 17.4. The maximum Gasteiger partial charge on any atom is 0.271 e. The zero-order valence-electron chi connectivity index (χ0n) is 12.7. The number of aliphatic hydroxyl groups excluding tert-OH is 1. The van der Waals surface area contributed by atoms with Crippen molar-refractivity contribution in [3.63, 3.8) is 0 Å². The number of unbranched alkanes of at least 4 members (excludes halogenated alkanes) is 4. The van der Waals surface area contributed by atoms with E-state index in [-0.39, 0.29) is 23.8 Å². The fourth-order valence-corrected chi connectivity index (χ4v) is 1.92. The highest BCUT2D eigenvalue weighted by atomic mass is 16.3. The molecule has 0 spiro atoms. The third kappa shape index (κ3) is 6.53. The minimum Gasteiger partial charge on any atom is -0.396 e. The van der Waals surface area contributed by atoms with Crippen molar-refractivity contribution < 1.29 is 9.90 Å². The molecule has 0 saturated heterocycles. The van der Waals surface area contributed by atoms with E-state index < -0.39 is 0 Å². The van der Waals surface area contributed by atoms with Crippen molar-refractivity contribution >= 4 is 5.91 Å². The number of rotatable bonds is 10. The zero-order chi connectivity index (χ0) is 15.5. The second-order valence-electron chi connectivity index (χ2n) is 5.03. The first-order valence-electron chi connectivity index (χ1n) is 7.66. The monoisotopic (exact) mass is 295 g/mol. The van der Waals surface area contributed by atoms with Crippen molar-refractivity contribution in [3.05, 3.63) is 28.2 Å². The molecule has 21 heavy (non-hydrogen) atoms. The highest BCUT2D eigenvalue weighted by molar-refractivity contribution is 5.91. The average molecular weight is 295 g/mol. The zero-order valence-corrected chi connectivity index (χ0v) is 12.7. The number of aryl methyl sites for hydroxylation is 1. The Morgan fingerprint density at radius 3 is 2.71 bits per heavy atom. The van der Waals surface area contributed by atoms with Crippen LogP contribution in [0.25, 0.3) is 0 Å². The maximum absolute atomic E-state index is 11.9. The summed E-state index contributed by atoms with van der Waals surface area (Å²) in [6.07, 6.45) is 5.46. The average Bonchev–Trinajstić information content (AvgIpc) is 2.49. The van der Waals surface area contributed by atoms with Gasteiger partial charge in [0.15, 0.2) is 0 Å². The van der Waals surface area contributed by atoms with E-state index in [9.17, 15) is 9.59 Å². The summed E-state index contributed by atoms with van der Waals surface area (Å²) in [5.41, 5.74) is 0.102. The minimum absolute atomic E-state index is 0.177. The van der Waals surface area contributed by atoms with Gasteiger partial charge in [-0.3, -0.25) is 9.59 Å². The second kappa shape index (κ2) is 10.1. The highest BCUT2D eigenvalue weighted by Crippen LogP contribution is 1.98. The van der Waals surface area contributed by atoms with Gasteiger partial charge in [0.05, 0.1) is 0 Å². The van der Waals surface area contributed by atoms with Gasteiger partial charge in [0.25, 0.3) is 11.5 Å². The summed E-state index contributed by atoms with van der Waals surface area (Å²) in [5.74, 6) is -0.248. The lowest BCUT2D eigenvalue weighted by molar-refractivity contribution is 0.0945. The van der Waals surface area contributed by atoms with Crippen LogP contribution in [-0.4, -0.2) is 33.9 Å². The second-order valence-corrected chi connectivity index (χ2v) is 5.03. The van der Waals surface area contributed by atoms with Crippen molar-refractivity contribution in [2.45, 2.75) is 52.0 Å². The molecular formula is C15H25N3O3. The Morgan fingerprint density at radius 1 is 1.24 bits per heavy atom. The van der Waals surface area contributed by atoms with E-state index >= 15 is 0 Å². The van der Waals surface area contributed by atoms with Gasteiger partial charge in [-0.1, -0.05) is 26.2 Å². The van der Waals surface area contributed by atoms with E-state index in [0.29, 0.717) is 13.1 Å². The summed E-state index contributed by atoms with van der Waals surface area (Å²) >= 11 is 0. The van der Waals surface area contributed by atoms with E-state index in [1.165, 1.54) is 16.8 Å². The van der Waals surface area contributed by atoms with Crippen molar-refractivity contribution in [1.82, 2.24) is 15.1 Å². The molecule has 1 rings (SSSR count). The lowest BCUT2D eigenvalue weighted by Gasteiger charge is -2.07. The standard InChI is InChI=1S/C15H25N3O3/c1-2-3-11-18-14(20)9-8-13(17-18)15(21)16-10-6-4-5-7-12-19/h8-9,19H,2-7,10-12H2,1H3,(H,16,21). The van der Waals surface area contributed by atoms with Crippen LogP contribution in [-0.2, 0) is 6.54 Å². The smallest absolute Gasteiger partial charge is 0.271 e. The van der Waals surface area contributed by atoms with Crippen LogP contribution in [0.2, 0.25) is 0 Å². The van der Waals surface area contributed by atoms with Gasteiger partial charge in [0.1, 0.15) is 5.69 Å². The molecule has 0 unspecified atom stereocenters. The predicted molar refractivity (Wildman–Crippen MR) is 81.3 cm³/mol. The largest absolute Gasteiger partial charge is 0.396 e. The van der Waals surface area contributed by atoms with Crippen molar-refractivity contribution in [3.8, 4) is 0 Å². The Kier molecular flexibility index (Phi) is 8.35. The van der Waals surface area contributed by atoms with Crippen molar-refractivity contribution in [2.75, 3.05) is 13.2 Å². The number of hydrogen-bond donors (Lipinski definition) is 2. The minimum atomic E-state index is -0.248. The van der Waals surface area contributed by atoms with Gasteiger partial charge in [-0.05, 0) is 25.3 Å². The van der Waals surface area contributed by atoms with Crippen LogP contribution in [0.1, 0.15) is 55.9 Å². The number of carbonyl (C=O) groups excluding carboxylic acids is 1. The van der Waals surface area contributed by atoms with Crippen molar-refractivity contribution in [2.24, 2.45) is 0 Å². The molecule has 2 N–H and O–H groups in total. The normalized spacial score (nSPS) is 10.6. The van der Waals surface area contributed by atoms with Crippen LogP contribution in [0.3, 0.4) is 0 Å². The third-order valence-corrected chi connectivity index (χ3v) is 3.19. The van der Waals surface area contributed by atoms with Gasteiger partial charge in [0.2, 0.25) is 0 Å². The summed E-state index contributed by atoms with van der Waals surface area (Å²) in [5, 5.41) is 15.6. The molecule has 1 amide bonds. The van der Waals surface area contributed by atoms with Gasteiger partial charge in [0, 0.05) is 25.8 Å². The summed E-state index contributed by atoms with van der Waals surface area (Å²) in [4.78, 5) is 23.6. The molecule has 1 aromatic heterocycles. The number of nitrogens with zero attached hydrogens (tertiary/aromatic N) is 2. The van der Waals surface area contributed by atoms with Gasteiger partial charge in [-0.25, -0.2) is 4.68 Å². The molecule has 0 saturated carbocycles. The highest BCUT2D eigenvalue weighted by Gasteiger charge is 2.08. The molecule has 0 aliphatic heterocycles. The van der Waals surface area contributed by atoms with Crippen LogP contribution in [0, 0.1) is 0 Å². The van der Waals surface area contributed by atoms with E-state index in [1.54, 1.807) is 0 Å². The summed E-state index contributed by atoms with van der Waals surface area (Å²) < 4.78 is 1.35. The first-order valence-corrected chi connectivity index (χ1v) is 7.66. The molecule has 1 aromatic rings. The lowest BCUT2D eigenvalue weighted by Crippen LogP contribution is -2.30. The number of aliphatic hydroxyl groups is 1. The van der Waals surface area contributed by atoms with Crippen LogP contribution >= 0.6 is 0 Å². The third-order valence-electron chi connectivity index (χ3n) is 3.19. The Labute approximate surface area is 125 Å². The molecule has 118 valence electrons. The molecule has 0 bridgehead atoms. The first-order chi connectivity index (χ1) is 10.2. The summed E-state index contributed by atoms with van der Waals surface area (Å²) in [6.45, 7) is 3.38. The molecule has 0 aliphatic rings. The van der Waals surface area contributed by atoms with E-state index in [0.717, 1.165) is 38.5 Å². The van der Waals surface area contributed by atoms with Crippen LogP contribution < -0.4 is 10.9 Å². The van der Waals surface area contributed by atoms with Gasteiger partial charge in [-0.2, -0.15) is 5.10 Å².